The molecule has 0 aromatic heterocycles. The van der Waals surface area contributed by atoms with E-state index < -0.39 is 0 Å². The highest BCUT2D eigenvalue weighted by Gasteiger charge is 2.23. The van der Waals surface area contributed by atoms with E-state index >= 15 is 0 Å². The van der Waals surface area contributed by atoms with Gasteiger partial charge in [0.05, 0.1) is 17.1 Å². The van der Waals surface area contributed by atoms with Crippen LogP contribution in [0.5, 0.6) is 0 Å². The van der Waals surface area contributed by atoms with Crippen molar-refractivity contribution in [2.75, 3.05) is 19.6 Å². The zero-order valence-electron chi connectivity index (χ0n) is 78.4. The Morgan fingerprint density at radius 2 is 0.317 bits per heavy atom. The summed E-state index contributed by atoms with van der Waals surface area (Å²) in [5.41, 5.74) is 26.0. The number of rotatable bonds is 17. The number of fused-ring (bicyclic) bond motifs is 11. The molecule has 0 aliphatic heterocycles. The number of anilines is 12. The van der Waals surface area contributed by atoms with E-state index in [0.717, 1.165) is 51.2 Å². The Balaban J connectivity index is 0.000000106. The molecule has 0 atom stereocenters. The predicted molar refractivity (Wildman–Crippen MR) is 609 cm³/mol. The molecule has 0 unspecified atom stereocenters. The molecular weight excluding hydrogens is 1710 g/mol. The van der Waals surface area contributed by atoms with Crippen LogP contribution in [0.3, 0.4) is 0 Å². The van der Waals surface area contributed by atoms with Gasteiger partial charge in [-0.2, -0.15) is 0 Å². The van der Waals surface area contributed by atoms with Gasteiger partial charge in [0, 0.05) is 67.3 Å². The molecule has 0 aliphatic carbocycles. The largest absolute Gasteiger partial charge is 0.311 e. The second kappa shape index (κ2) is 40.3. The minimum atomic E-state index is 1.13. The van der Waals surface area contributed by atoms with Gasteiger partial charge in [-0.15, -0.1) is 0 Å². The van der Waals surface area contributed by atoms with Crippen LogP contribution < -0.4 is 19.6 Å². The fraction of sp³-hybridized carbons (Fsp3) is 0. The van der Waals surface area contributed by atoms with Crippen molar-refractivity contribution in [2.24, 2.45) is 0 Å². The van der Waals surface area contributed by atoms with E-state index in [1.54, 1.807) is 0 Å². The molecule has 26 aromatic rings. The van der Waals surface area contributed by atoms with Crippen molar-refractivity contribution in [2.45, 2.75) is 0 Å². The second-order valence-corrected chi connectivity index (χ2v) is 35.8. The fourth-order valence-corrected chi connectivity index (χ4v) is 20.1. The number of hydrogen-bond acceptors (Lipinski definition) is 4. The molecule has 4 nitrogen and oxygen atoms in total. The Kier molecular flexibility index (Phi) is 24.8. The molecule has 0 radical (unpaired) electrons. The van der Waals surface area contributed by atoms with Gasteiger partial charge in [0.2, 0.25) is 0 Å². The highest BCUT2D eigenvalue weighted by atomic mass is 15.2. The van der Waals surface area contributed by atoms with Gasteiger partial charge < -0.3 is 19.6 Å². The van der Waals surface area contributed by atoms with Crippen LogP contribution in [-0.2, 0) is 0 Å². The summed E-state index contributed by atoms with van der Waals surface area (Å²) in [6.07, 6.45) is 0. The lowest BCUT2D eigenvalue weighted by Gasteiger charge is -2.28. The van der Waals surface area contributed by atoms with Gasteiger partial charge in [-0.3, -0.25) is 0 Å². The summed E-state index contributed by atoms with van der Waals surface area (Å²) in [7, 11) is 0. The predicted octanol–water partition coefficient (Wildman–Crippen LogP) is 39.3. The molecule has 0 bridgehead atoms. The average molecular weight is 1810 g/mol. The van der Waals surface area contributed by atoms with Crippen LogP contribution >= 0.6 is 0 Å². The van der Waals surface area contributed by atoms with Gasteiger partial charge in [-0.05, 0) is 270 Å². The van der Waals surface area contributed by atoms with Gasteiger partial charge in [0.25, 0.3) is 0 Å². The Morgan fingerprint density at radius 3 is 0.746 bits per heavy atom. The van der Waals surface area contributed by atoms with Gasteiger partial charge in [-0.1, -0.05) is 461 Å². The maximum absolute atomic E-state index is 2.40. The van der Waals surface area contributed by atoms with Crippen LogP contribution in [0.2, 0.25) is 0 Å². The molecule has 0 heterocycles. The van der Waals surface area contributed by atoms with Gasteiger partial charge in [0.1, 0.15) is 0 Å². The molecule has 0 spiro atoms. The molecule has 0 saturated carbocycles. The van der Waals surface area contributed by atoms with E-state index in [0.29, 0.717) is 0 Å². The van der Waals surface area contributed by atoms with E-state index in [4.69, 9.17) is 0 Å². The van der Waals surface area contributed by atoms with E-state index in [-0.39, 0.29) is 0 Å². The molecule has 0 amide bonds. The first kappa shape index (κ1) is 87.3. The average Bonchev–Trinajstić information content (AvgIpc) is 0.784. The van der Waals surface area contributed by atoms with Crippen molar-refractivity contribution in [3.63, 3.8) is 0 Å². The third-order valence-corrected chi connectivity index (χ3v) is 27.2. The topological polar surface area (TPSA) is 13.0 Å². The third-order valence-electron chi connectivity index (χ3n) is 27.2. The molecule has 0 fully saturated rings. The lowest BCUT2D eigenvalue weighted by molar-refractivity contribution is 1.28. The normalized spacial score (nSPS) is 11.1. The molecule has 4 heteroatoms. The second-order valence-electron chi connectivity index (χ2n) is 35.8. The van der Waals surface area contributed by atoms with Crippen LogP contribution in [0, 0.1) is 0 Å². The molecule has 0 N–H and O–H groups in total. The lowest BCUT2D eigenvalue weighted by Crippen LogP contribution is -2.11. The molecular formula is C138H98N4. The van der Waals surface area contributed by atoms with E-state index in [2.05, 4.69) is 614 Å². The smallest absolute Gasteiger partial charge is 0.0540 e. The minimum absolute atomic E-state index is 1.13. The number of para-hydroxylation sites is 2. The Hall–Kier alpha value is -18.7. The summed E-state index contributed by atoms with van der Waals surface area (Å²) < 4.78 is 0. The summed E-state index contributed by atoms with van der Waals surface area (Å²) in [5.74, 6) is 0. The molecule has 670 valence electrons. The minimum Gasteiger partial charge on any atom is -0.311 e. The van der Waals surface area contributed by atoms with Gasteiger partial charge in [0.15, 0.2) is 0 Å². The maximum Gasteiger partial charge on any atom is 0.0540 e. The van der Waals surface area contributed by atoms with Crippen molar-refractivity contribution in [3.8, 4) is 55.6 Å². The van der Waals surface area contributed by atoms with Gasteiger partial charge >= 0.3 is 0 Å². The third kappa shape index (κ3) is 18.3. The first-order valence-corrected chi connectivity index (χ1v) is 48.6. The summed E-state index contributed by atoms with van der Waals surface area (Å²) in [6.45, 7) is 0. The van der Waals surface area contributed by atoms with Gasteiger partial charge in [-0.25, -0.2) is 0 Å². The van der Waals surface area contributed by atoms with Crippen LogP contribution in [-0.4, -0.2) is 0 Å². The standard InChI is InChI=1S/C40H27N.C36H25N.C34H25N.C28H21N/c1-4-14-35-31(11-1)19-20-33-27-32(23-26-36(33)35)28-21-24-34(25-22-28)41(39-17-7-12-29-9-2-5-15-37(29)39)40-18-8-13-30-10-3-6-16-38(30)40;1-2-8-26(9-3-1)28-16-19-32(20-17-28)37(33-21-18-27-10-4-5-12-30(27)24-33)34-22-23-36-31(25-34)15-14-29-11-6-7-13-35(29)36;1-3-10-26(11-4-1)27-18-22-31(23-19-27)35(30-14-5-2-6-15-30)32-24-20-29(21-25-32)34-17-9-13-28-12-7-8-16-33(28)34;1-3-10-22(11-4-1)23-18-20-26(21-19-23)29(25-14-5-2-6-15-25)28-17-9-13-24-12-7-8-16-27(24)28/h1-27H;1-25H;1-25H;1-21H. The van der Waals surface area contributed by atoms with Crippen molar-refractivity contribution in [3.05, 3.63) is 595 Å². The SMILES string of the molecule is c1ccc(-c2ccc(N(c3ccc4ccccc4c3)c3ccc4c(ccc5ccccc54)c3)cc2)cc1.c1ccc(-c2ccc(N(c3ccccc3)c3ccc(-c4cccc5ccccc45)cc3)cc2)cc1.c1ccc(-c2ccc(N(c3ccccc3)c3cccc4ccccc34)cc2)cc1.c1ccc2c(N(c3ccc(-c4ccc5c(ccc6ccccc65)c4)cc3)c3cccc4ccccc34)cccc2c1. The van der Waals surface area contributed by atoms with Crippen molar-refractivity contribution in [1.29, 1.82) is 0 Å². The summed E-state index contributed by atoms with van der Waals surface area (Å²) in [6, 6.07) is 213. The molecule has 0 saturated heterocycles. The molecule has 26 rings (SSSR count). The molecule has 0 aliphatic rings. The number of hydrogen-bond donors (Lipinski definition) is 0. The molecule has 26 aromatic carbocycles. The van der Waals surface area contributed by atoms with Crippen LogP contribution in [0.4, 0.5) is 68.2 Å². The Labute approximate surface area is 829 Å². The highest BCUT2D eigenvalue weighted by Crippen LogP contribution is 2.47. The quantitative estimate of drug-likeness (QED) is 0.0843. The van der Waals surface area contributed by atoms with Crippen LogP contribution in [0.1, 0.15) is 0 Å². The summed E-state index contributed by atoms with van der Waals surface area (Å²) >= 11 is 0. The lowest BCUT2D eigenvalue weighted by atomic mass is 9.97. The highest BCUT2D eigenvalue weighted by molar-refractivity contribution is 6.11. The summed E-state index contributed by atoms with van der Waals surface area (Å²) in [5, 5.41) is 22.6. The maximum atomic E-state index is 2.40. The zero-order valence-corrected chi connectivity index (χ0v) is 78.4. The summed E-state index contributed by atoms with van der Waals surface area (Å²) in [4.78, 5) is 9.40. The first-order chi connectivity index (χ1) is 70.4. The monoisotopic (exact) mass is 1810 g/mol. The molecule has 142 heavy (non-hydrogen) atoms. The Bertz CT molecular complexity index is 8830. The van der Waals surface area contributed by atoms with Crippen LogP contribution in [0.25, 0.3) is 153 Å². The first-order valence-electron chi connectivity index (χ1n) is 48.6. The van der Waals surface area contributed by atoms with E-state index in [1.807, 2.05) is 0 Å². The van der Waals surface area contributed by atoms with Crippen molar-refractivity contribution < 1.29 is 0 Å². The van der Waals surface area contributed by atoms with Crippen LogP contribution in [0.15, 0.2) is 595 Å². The van der Waals surface area contributed by atoms with E-state index in [9.17, 15) is 0 Å². The van der Waals surface area contributed by atoms with Crippen molar-refractivity contribution >= 4 is 165 Å². The Morgan fingerprint density at radius 1 is 0.0915 bits per heavy atom. The van der Waals surface area contributed by atoms with Crippen molar-refractivity contribution in [1.82, 2.24) is 0 Å². The zero-order chi connectivity index (χ0) is 94.7. The number of nitrogens with zero attached hydrogens (tertiary/aromatic N) is 4. The fourth-order valence-electron chi connectivity index (χ4n) is 20.1. The van der Waals surface area contributed by atoms with E-state index in [1.165, 1.54) is 170 Å². The number of benzene rings is 26.